The predicted octanol–water partition coefficient (Wildman–Crippen LogP) is 2.93. The molecule has 0 amide bonds. The number of nitrogens with one attached hydrogen (secondary N) is 2. The van der Waals surface area contributed by atoms with Crippen molar-refractivity contribution >= 4 is 22.1 Å². The summed E-state index contributed by atoms with van der Waals surface area (Å²) in [6.07, 6.45) is 1.58. The van der Waals surface area contributed by atoms with Crippen molar-refractivity contribution in [3.63, 3.8) is 0 Å². The fourth-order valence-electron chi connectivity index (χ4n) is 6.36. The summed E-state index contributed by atoms with van der Waals surface area (Å²) in [5.41, 5.74) is 9.67. The smallest absolute Gasteiger partial charge is 0.0558 e. The molecule has 10 heteroatoms. The van der Waals surface area contributed by atoms with Gasteiger partial charge in [-0.25, -0.2) is 0 Å². The second-order valence-electron chi connectivity index (χ2n) is 13.4. The van der Waals surface area contributed by atoms with Crippen molar-refractivity contribution < 1.29 is 20.4 Å². The lowest BCUT2D eigenvalue weighted by Gasteiger charge is -2.19. The highest BCUT2D eigenvalue weighted by atomic mass is 16.3. The Morgan fingerprint density at radius 3 is 1.30 bits per heavy atom. The summed E-state index contributed by atoms with van der Waals surface area (Å²) in [5, 5.41) is 38.4. The first-order valence-corrected chi connectivity index (χ1v) is 15.6. The van der Waals surface area contributed by atoms with Gasteiger partial charge in [-0.05, 0) is 47.5 Å². The first-order chi connectivity index (χ1) is 21.0. The summed E-state index contributed by atoms with van der Waals surface area (Å²) < 4.78 is 0. The summed E-state index contributed by atoms with van der Waals surface area (Å²) in [6.45, 7) is 12.1. The molecule has 10 nitrogen and oxygen atoms in total. The molecule has 0 fully saturated rings. The Bertz CT molecular complexity index is 1480. The minimum atomic E-state index is -0.167. The van der Waals surface area contributed by atoms with E-state index in [1.54, 1.807) is 0 Å². The molecule has 3 aromatic rings. The molecule has 0 radical (unpaired) electrons. The molecule has 0 aromatic carbocycles. The van der Waals surface area contributed by atoms with Crippen molar-refractivity contribution in [2.24, 2.45) is 0 Å². The summed E-state index contributed by atoms with van der Waals surface area (Å²) in [6, 6.07) is 12.8. The number of aromatic amines is 2. The monoisotopic (exact) mass is 604 g/mol. The molecule has 0 unspecified atom stereocenters. The van der Waals surface area contributed by atoms with Crippen LogP contribution in [0.3, 0.4) is 0 Å². The van der Waals surface area contributed by atoms with E-state index in [2.05, 4.69) is 83.9 Å². The van der Waals surface area contributed by atoms with Crippen LogP contribution < -0.4 is 0 Å². The van der Waals surface area contributed by atoms with Crippen LogP contribution in [0.1, 0.15) is 61.6 Å². The minimum Gasteiger partial charge on any atom is -0.395 e. The second kappa shape index (κ2) is 13.5. The van der Waals surface area contributed by atoms with Gasteiger partial charge >= 0.3 is 0 Å². The molecule has 0 aliphatic carbocycles. The van der Waals surface area contributed by atoms with Crippen molar-refractivity contribution in [3.05, 3.63) is 70.3 Å². The zero-order valence-corrected chi connectivity index (χ0v) is 26.5. The Morgan fingerprint density at radius 1 is 0.591 bits per heavy atom. The predicted molar refractivity (Wildman–Crippen MR) is 173 cm³/mol. The Morgan fingerprint density at radius 2 is 0.955 bits per heavy atom. The van der Waals surface area contributed by atoms with Crippen LogP contribution in [0.25, 0.3) is 22.1 Å². The third kappa shape index (κ3) is 7.39. The van der Waals surface area contributed by atoms with E-state index in [-0.39, 0.29) is 37.3 Å². The number of aliphatic hydroxyl groups excluding tert-OH is 4. The van der Waals surface area contributed by atoms with E-state index < -0.39 is 0 Å². The molecular weight excluding hydrogens is 556 g/mol. The second-order valence-corrected chi connectivity index (χ2v) is 13.4. The van der Waals surface area contributed by atoms with Gasteiger partial charge in [-0.2, -0.15) is 0 Å². The zero-order valence-electron chi connectivity index (χ0n) is 26.5. The summed E-state index contributed by atoms with van der Waals surface area (Å²) in [4.78, 5) is 21.6. The van der Waals surface area contributed by atoms with Crippen LogP contribution in [0, 0.1) is 0 Å². The summed E-state index contributed by atoms with van der Waals surface area (Å²) in [7, 11) is 0. The van der Waals surface area contributed by atoms with Crippen LogP contribution in [0.5, 0.6) is 0 Å². The first kappa shape index (κ1) is 32.3. The molecule has 3 aromatic heterocycles. The van der Waals surface area contributed by atoms with Gasteiger partial charge in [0.25, 0.3) is 0 Å². The first-order valence-electron chi connectivity index (χ1n) is 15.6. The molecule has 0 spiro atoms. The number of aliphatic hydroxyl groups is 4. The Kier molecular flexibility index (Phi) is 9.89. The Balaban J connectivity index is 1.74. The average Bonchev–Trinajstić information content (AvgIpc) is 3.64. The van der Waals surface area contributed by atoms with E-state index in [9.17, 15) is 20.4 Å². The maximum atomic E-state index is 9.61. The van der Waals surface area contributed by atoms with Crippen LogP contribution in [0.15, 0.2) is 36.4 Å². The van der Waals surface area contributed by atoms with E-state index in [1.807, 2.05) is 0 Å². The van der Waals surface area contributed by atoms with Crippen LogP contribution in [-0.2, 0) is 36.8 Å². The van der Waals surface area contributed by atoms with E-state index >= 15 is 0 Å². The molecule has 0 saturated carbocycles. The highest BCUT2D eigenvalue weighted by Crippen LogP contribution is 2.34. The minimum absolute atomic E-state index is 0.0283. The molecule has 6 N–H and O–H groups in total. The average molecular weight is 605 g/mol. The SMILES string of the molecule is CC1(C)Cc2cc3[nH]c(cc4nc(cc5[nH]c(cc1n2)cc5CN(CCO)CCO)CC4(C)C)cc3CN(CCO)CCO. The van der Waals surface area contributed by atoms with E-state index in [0.29, 0.717) is 39.3 Å². The van der Waals surface area contributed by atoms with E-state index in [4.69, 9.17) is 9.97 Å². The molecule has 5 rings (SSSR count). The number of hydrogen-bond donors (Lipinski definition) is 6. The topological polar surface area (TPSA) is 145 Å². The van der Waals surface area contributed by atoms with Gasteiger partial charge in [0.15, 0.2) is 0 Å². The molecule has 0 saturated heterocycles. The highest BCUT2D eigenvalue weighted by molar-refractivity contribution is 5.68. The molecule has 8 bridgehead atoms. The van der Waals surface area contributed by atoms with E-state index in [1.165, 1.54) is 0 Å². The van der Waals surface area contributed by atoms with Crippen LogP contribution in [0.2, 0.25) is 0 Å². The number of fused-ring (bicyclic) bond motifs is 8. The van der Waals surface area contributed by atoms with Gasteiger partial charge in [-0.1, -0.05) is 27.7 Å². The standard InChI is InChI=1S/C34H48N6O4/c1-33(2)19-27-15-29-24(22-40(7-11-43)8-12-44)14-26(36-29)18-32-34(3,4)20-28(38-32)16-30-23(21-39(5-9-41)6-10-42)13-25(35-30)17-31(33)37-27/h13-18,35-36,41-44H,5-12,19-22H2,1-4H3. The number of rotatable bonds is 12. The van der Waals surface area contributed by atoms with Gasteiger partial charge in [-0.3, -0.25) is 19.8 Å². The van der Waals surface area contributed by atoms with Gasteiger partial charge in [0, 0.05) is 108 Å². The lowest BCUT2D eigenvalue weighted by molar-refractivity contribution is 0.156. The van der Waals surface area contributed by atoms with E-state index in [0.717, 1.165) is 68.8 Å². The molecular formula is C34H48N6O4. The summed E-state index contributed by atoms with van der Waals surface area (Å²) in [5.74, 6) is 0. The Hall–Kier alpha value is -3.12. The molecule has 0 atom stereocenters. The molecule has 238 valence electrons. The van der Waals surface area contributed by atoms with Crippen molar-refractivity contribution in [3.8, 4) is 0 Å². The number of aromatic nitrogens is 4. The Labute approximate surface area is 259 Å². The van der Waals surface area contributed by atoms with Crippen molar-refractivity contribution in [1.29, 1.82) is 0 Å². The lowest BCUT2D eigenvalue weighted by atomic mass is 9.87. The summed E-state index contributed by atoms with van der Waals surface area (Å²) >= 11 is 0. The molecule has 2 aliphatic rings. The van der Waals surface area contributed by atoms with Crippen LogP contribution in [0.4, 0.5) is 0 Å². The van der Waals surface area contributed by atoms with Gasteiger partial charge in [0.05, 0.1) is 26.4 Å². The maximum Gasteiger partial charge on any atom is 0.0558 e. The number of hydrogen-bond acceptors (Lipinski definition) is 8. The van der Waals surface area contributed by atoms with Crippen molar-refractivity contribution in [2.45, 2.75) is 64.5 Å². The number of nitrogens with zero attached hydrogens (tertiary/aromatic N) is 4. The third-order valence-corrected chi connectivity index (χ3v) is 8.73. The lowest BCUT2D eigenvalue weighted by Crippen LogP contribution is -2.29. The normalized spacial score (nSPS) is 15.9. The molecule has 5 heterocycles. The third-order valence-electron chi connectivity index (χ3n) is 8.73. The number of H-pyrrole nitrogens is 2. The van der Waals surface area contributed by atoms with Crippen LogP contribution >= 0.6 is 0 Å². The van der Waals surface area contributed by atoms with Gasteiger partial charge < -0.3 is 30.4 Å². The quantitative estimate of drug-likeness (QED) is 0.185. The van der Waals surface area contributed by atoms with Crippen LogP contribution in [-0.4, -0.2) is 103 Å². The maximum absolute atomic E-state index is 9.61. The fourth-order valence-corrected chi connectivity index (χ4v) is 6.36. The zero-order chi connectivity index (χ0) is 31.5. The van der Waals surface area contributed by atoms with Crippen molar-refractivity contribution in [2.75, 3.05) is 52.6 Å². The van der Waals surface area contributed by atoms with Gasteiger partial charge in [0.1, 0.15) is 0 Å². The fraction of sp³-hybridized carbons (Fsp3) is 0.529. The highest BCUT2D eigenvalue weighted by Gasteiger charge is 2.30. The van der Waals surface area contributed by atoms with Crippen molar-refractivity contribution in [1.82, 2.24) is 29.7 Å². The van der Waals surface area contributed by atoms with Gasteiger partial charge in [-0.15, -0.1) is 0 Å². The molecule has 2 aliphatic heterocycles. The molecule has 44 heavy (non-hydrogen) atoms. The largest absolute Gasteiger partial charge is 0.395 e. The van der Waals surface area contributed by atoms with Gasteiger partial charge in [0.2, 0.25) is 0 Å².